The van der Waals surface area contributed by atoms with Gasteiger partial charge in [-0.05, 0) is 37.3 Å². The Morgan fingerprint density at radius 2 is 1.65 bits per heavy atom. The molecule has 2 aromatic rings. The maximum atomic E-state index is 11.3. The Balaban J connectivity index is 2.39. The summed E-state index contributed by atoms with van der Waals surface area (Å²) in [6.45, 7) is 1.73. The fourth-order valence-electron chi connectivity index (χ4n) is 2.15. The number of halogens is 1. The molecule has 0 aliphatic heterocycles. The van der Waals surface area contributed by atoms with Gasteiger partial charge in [0.1, 0.15) is 11.9 Å². The van der Waals surface area contributed by atoms with Gasteiger partial charge in [-0.25, -0.2) is 0 Å². The van der Waals surface area contributed by atoms with Crippen LogP contribution in [-0.4, -0.2) is 19.1 Å². The van der Waals surface area contributed by atoms with Crippen LogP contribution in [0.15, 0.2) is 36.4 Å². The highest BCUT2D eigenvalue weighted by Crippen LogP contribution is 2.38. The van der Waals surface area contributed by atoms with Crippen LogP contribution in [0.25, 0.3) is 0 Å². The Hall–Kier alpha value is -2.47. The molecule has 122 valence electrons. The molecule has 23 heavy (non-hydrogen) atoms. The number of nitrogens with zero attached hydrogens (tertiary/aromatic N) is 1. The summed E-state index contributed by atoms with van der Waals surface area (Å²) in [6.07, 6.45) is -0.559. The Labute approximate surface area is 138 Å². The van der Waals surface area contributed by atoms with Crippen LogP contribution < -0.4 is 14.2 Å². The van der Waals surface area contributed by atoms with Crippen LogP contribution in [0.1, 0.15) is 18.6 Å². The molecule has 0 aromatic heterocycles. The van der Waals surface area contributed by atoms with Gasteiger partial charge in [0.2, 0.25) is 0 Å². The molecule has 0 N–H and O–H groups in total. The predicted molar refractivity (Wildman–Crippen MR) is 86.7 cm³/mol. The van der Waals surface area contributed by atoms with Crippen molar-refractivity contribution in [2.24, 2.45) is 0 Å². The standard InChI is InChI=1S/C16H16ClNO5/c1-10(23-12-6-4-11(17)5-7-12)13-8-15(21-2)16(22-3)9-14(13)18(19)20/h4-10H,1-3H3. The van der Waals surface area contributed by atoms with Crippen molar-refractivity contribution in [2.75, 3.05) is 14.2 Å². The van der Waals surface area contributed by atoms with E-state index in [-0.39, 0.29) is 5.69 Å². The first kappa shape index (κ1) is 16.9. The first-order valence-electron chi connectivity index (χ1n) is 6.78. The Morgan fingerprint density at radius 1 is 1.09 bits per heavy atom. The topological polar surface area (TPSA) is 70.8 Å². The minimum atomic E-state index is -0.559. The Kier molecular flexibility index (Phi) is 5.28. The number of benzene rings is 2. The van der Waals surface area contributed by atoms with E-state index in [1.807, 2.05) is 0 Å². The van der Waals surface area contributed by atoms with Gasteiger partial charge in [0.05, 0.1) is 30.8 Å². The van der Waals surface area contributed by atoms with Crippen LogP contribution in [0, 0.1) is 10.1 Å². The monoisotopic (exact) mass is 337 g/mol. The van der Waals surface area contributed by atoms with E-state index in [9.17, 15) is 10.1 Å². The largest absolute Gasteiger partial charge is 0.493 e. The van der Waals surface area contributed by atoms with Gasteiger partial charge in [0.15, 0.2) is 11.5 Å². The minimum Gasteiger partial charge on any atom is -0.493 e. The van der Waals surface area contributed by atoms with Crippen LogP contribution in [0.2, 0.25) is 5.02 Å². The number of nitro groups is 1. The van der Waals surface area contributed by atoms with Gasteiger partial charge in [-0.2, -0.15) is 0 Å². The first-order valence-corrected chi connectivity index (χ1v) is 7.16. The summed E-state index contributed by atoms with van der Waals surface area (Å²) in [5, 5.41) is 11.9. The fraction of sp³-hybridized carbons (Fsp3) is 0.250. The van der Waals surface area contributed by atoms with Crippen molar-refractivity contribution in [1.29, 1.82) is 0 Å². The van der Waals surface area contributed by atoms with Crippen LogP contribution in [-0.2, 0) is 0 Å². The predicted octanol–water partition coefficient (Wildman–Crippen LogP) is 4.41. The summed E-state index contributed by atoms with van der Waals surface area (Å²) in [5.74, 6) is 1.26. The van der Waals surface area contributed by atoms with Gasteiger partial charge in [0, 0.05) is 5.02 Å². The van der Waals surface area contributed by atoms with Crippen molar-refractivity contribution < 1.29 is 19.1 Å². The average Bonchev–Trinajstić information content (AvgIpc) is 2.55. The molecule has 0 radical (unpaired) electrons. The molecule has 0 spiro atoms. The zero-order valence-corrected chi connectivity index (χ0v) is 13.7. The van der Waals surface area contributed by atoms with Crippen molar-refractivity contribution in [3.8, 4) is 17.2 Å². The molecule has 6 nitrogen and oxygen atoms in total. The molecule has 2 aromatic carbocycles. The summed E-state index contributed by atoms with van der Waals surface area (Å²) in [6, 6.07) is 9.66. The maximum absolute atomic E-state index is 11.3. The fourth-order valence-corrected chi connectivity index (χ4v) is 2.27. The number of hydrogen-bond acceptors (Lipinski definition) is 5. The number of nitro benzene ring substituents is 1. The van der Waals surface area contributed by atoms with Crippen molar-refractivity contribution in [1.82, 2.24) is 0 Å². The molecule has 0 bridgehead atoms. The lowest BCUT2D eigenvalue weighted by atomic mass is 10.1. The van der Waals surface area contributed by atoms with E-state index < -0.39 is 11.0 Å². The van der Waals surface area contributed by atoms with Gasteiger partial charge >= 0.3 is 0 Å². The summed E-state index contributed by atoms with van der Waals surface area (Å²) in [7, 11) is 2.90. The van der Waals surface area contributed by atoms with E-state index in [0.717, 1.165) is 0 Å². The normalized spacial score (nSPS) is 11.7. The highest BCUT2D eigenvalue weighted by molar-refractivity contribution is 6.30. The molecule has 0 heterocycles. The number of hydrogen-bond donors (Lipinski definition) is 0. The SMILES string of the molecule is COc1cc(C(C)Oc2ccc(Cl)cc2)c([N+](=O)[O-])cc1OC. The number of methoxy groups -OCH3 is 2. The molecular weight excluding hydrogens is 322 g/mol. The summed E-state index contributed by atoms with van der Waals surface area (Å²) >= 11 is 5.83. The second kappa shape index (κ2) is 7.19. The van der Waals surface area contributed by atoms with Crippen LogP contribution in [0.3, 0.4) is 0 Å². The molecule has 7 heteroatoms. The van der Waals surface area contributed by atoms with Gasteiger partial charge in [-0.3, -0.25) is 10.1 Å². The highest BCUT2D eigenvalue weighted by Gasteiger charge is 2.24. The average molecular weight is 338 g/mol. The Morgan fingerprint density at radius 3 is 2.17 bits per heavy atom. The van der Waals surface area contributed by atoms with Crippen LogP contribution in [0.4, 0.5) is 5.69 Å². The van der Waals surface area contributed by atoms with E-state index in [1.54, 1.807) is 37.3 Å². The number of ether oxygens (including phenoxy) is 3. The van der Waals surface area contributed by atoms with E-state index >= 15 is 0 Å². The minimum absolute atomic E-state index is 0.0934. The van der Waals surface area contributed by atoms with Crippen molar-refractivity contribution in [3.63, 3.8) is 0 Å². The molecule has 0 aliphatic carbocycles. The quantitative estimate of drug-likeness (QED) is 0.577. The second-order valence-corrected chi connectivity index (χ2v) is 5.17. The van der Waals surface area contributed by atoms with Gasteiger partial charge in [-0.1, -0.05) is 11.6 Å². The molecule has 0 amide bonds. The smallest absolute Gasteiger partial charge is 0.280 e. The van der Waals surface area contributed by atoms with Gasteiger partial charge in [0.25, 0.3) is 5.69 Å². The highest BCUT2D eigenvalue weighted by atomic mass is 35.5. The molecule has 1 unspecified atom stereocenters. The first-order chi connectivity index (χ1) is 11.0. The molecule has 0 saturated carbocycles. The lowest BCUT2D eigenvalue weighted by molar-refractivity contribution is -0.386. The molecule has 0 saturated heterocycles. The summed E-state index contributed by atoms with van der Waals surface area (Å²) < 4.78 is 16.1. The maximum Gasteiger partial charge on any atom is 0.280 e. The third kappa shape index (κ3) is 3.84. The molecule has 0 fully saturated rings. The number of rotatable bonds is 6. The van der Waals surface area contributed by atoms with E-state index in [0.29, 0.717) is 27.8 Å². The summed E-state index contributed by atoms with van der Waals surface area (Å²) in [4.78, 5) is 10.9. The lowest BCUT2D eigenvalue weighted by Crippen LogP contribution is -2.07. The van der Waals surface area contributed by atoms with E-state index in [2.05, 4.69) is 0 Å². The van der Waals surface area contributed by atoms with Crippen molar-refractivity contribution in [3.05, 3.63) is 57.1 Å². The summed E-state index contributed by atoms with van der Waals surface area (Å²) in [5.41, 5.74) is 0.298. The van der Waals surface area contributed by atoms with Gasteiger partial charge < -0.3 is 14.2 Å². The zero-order chi connectivity index (χ0) is 17.0. The zero-order valence-electron chi connectivity index (χ0n) is 12.9. The second-order valence-electron chi connectivity index (χ2n) is 4.74. The molecule has 1 atom stereocenters. The van der Waals surface area contributed by atoms with Crippen molar-refractivity contribution >= 4 is 17.3 Å². The molecule has 2 rings (SSSR count). The van der Waals surface area contributed by atoms with Crippen LogP contribution in [0.5, 0.6) is 17.2 Å². The van der Waals surface area contributed by atoms with Crippen molar-refractivity contribution in [2.45, 2.75) is 13.0 Å². The van der Waals surface area contributed by atoms with Gasteiger partial charge in [-0.15, -0.1) is 0 Å². The van der Waals surface area contributed by atoms with E-state index in [4.69, 9.17) is 25.8 Å². The van der Waals surface area contributed by atoms with Crippen LogP contribution >= 0.6 is 11.6 Å². The third-order valence-electron chi connectivity index (χ3n) is 3.29. The lowest BCUT2D eigenvalue weighted by Gasteiger charge is -2.17. The molecular formula is C16H16ClNO5. The van der Waals surface area contributed by atoms with E-state index in [1.165, 1.54) is 20.3 Å². The molecule has 0 aliphatic rings. The third-order valence-corrected chi connectivity index (χ3v) is 3.55. The Bertz CT molecular complexity index is 702.